The van der Waals surface area contributed by atoms with Crippen LogP contribution in [-0.2, 0) is 0 Å². The molecule has 3 unspecified atom stereocenters. The molecule has 1 aromatic rings. The summed E-state index contributed by atoms with van der Waals surface area (Å²) in [6.45, 7) is 13.5. The lowest BCUT2D eigenvalue weighted by molar-refractivity contribution is 0.194. The average molecular weight is 288 g/mol. The molecular weight excluding hydrogens is 256 g/mol. The number of hydrogen-bond donors (Lipinski definition) is 1. The van der Waals surface area contributed by atoms with Gasteiger partial charge in [0.1, 0.15) is 0 Å². The van der Waals surface area contributed by atoms with E-state index in [2.05, 4.69) is 57.9 Å². The Morgan fingerprint density at radius 1 is 1.10 bits per heavy atom. The molecule has 2 rings (SSSR count). The van der Waals surface area contributed by atoms with Crippen LogP contribution in [0.1, 0.15) is 75.0 Å². The van der Waals surface area contributed by atoms with Gasteiger partial charge in [0.2, 0.25) is 0 Å². The van der Waals surface area contributed by atoms with E-state index in [4.69, 9.17) is 0 Å². The van der Waals surface area contributed by atoms with Gasteiger partial charge in [-0.3, -0.25) is 4.98 Å². The van der Waals surface area contributed by atoms with Crippen molar-refractivity contribution in [2.45, 2.75) is 79.3 Å². The summed E-state index contributed by atoms with van der Waals surface area (Å²) in [5, 5.41) is 3.93. The number of rotatable bonds is 4. The van der Waals surface area contributed by atoms with Crippen molar-refractivity contribution in [1.82, 2.24) is 10.3 Å². The summed E-state index contributed by atoms with van der Waals surface area (Å²) in [7, 11) is 0. The summed E-state index contributed by atoms with van der Waals surface area (Å²) < 4.78 is 0. The summed E-state index contributed by atoms with van der Waals surface area (Å²) in [6, 6.07) is 3.26. The Bertz CT molecular complexity index is 455. The Kier molecular flexibility index (Phi) is 5.43. The minimum Gasteiger partial charge on any atom is -0.307 e. The van der Waals surface area contributed by atoms with Crippen LogP contribution >= 0.6 is 0 Å². The van der Waals surface area contributed by atoms with Crippen molar-refractivity contribution < 1.29 is 0 Å². The molecule has 2 heteroatoms. The second kappa shape index (κ2) is 6.91. The topological polar surface area (TPSA) is 24.9 Å². The van der Waals surface area contributed by atoms with E-state index in [0.29, 0.717) is 12.1 Å². The van der Waals surface area contributed by atoms with E-state index in [1.807, 2.05) is 0 Å². The quantitative estimate of drug-likeness (QED) is 0.854. The summed E-state index contributed by atoms with van der Waals surface area (Å²) in [5.41, 5.74) is 5.08. The molecule has 1 N–H and O–H groups in total. The fourth-order valence-corrected chi connectivity index (χ4v) is 4.26. The van der Waals surface area contributed by atoms with Crippen molar-refractivity contribution in [2.24, 2.45) is 11.8 Å². The van der Waals surface area contributed by atoms with Gasteiger partial charge in [-0.25, -0.2) is 0 Å². The minimum absolute atomic E-state index is 0.391. The minimum atomic E-state index is 0.391. The van der Waals surface area contributed by atoms with Gasteiger partial charge in [0, 0.05) is 23.5 Å². The second-order valence-electron chi connectivity index (χ2n) is 7.27. The highest BCUT2D eigenvalue weighted by Gasteiger charge is 2.29. The Morgan fingerprint density at radius 3 is 2.38 bits per heavy atom. The molecule has 0 aromatic carbocycles. The van der Waals surface area contributed by atoms with Gasteiger partial charge in [0.05, 0.1) is 0 Å². The molecule has 21 heavy (non-hydrogen) atoms. The van der Waals surface area contributed by atoms with Gasteiger partial charge >= 0.3 is 0 Å². The maximum Gasteiger partial charge on any atom is 0.0426 e. The molecular formula is C19H32N2. The Labute approximate surface area is 130 Å². The highest BCUT2D eigenvalue weighted by Crippen LogP contribution is 2.32. The molecule has 1 aromatic heterocycles. The summed E-state index contributed by atoms with van der Waals surface area (Å²) in [6.07, 6.45) is 5.48. The van der Waals surface area contributed by atoms with Crippen molar-refractivity contribution in [2.75, 3.05) is 0 Å². The van der Waals surface area contributed by atoms with E-state index in [1.165, 1.54) is 42.5 Å². The van der Waals surface area contributed by atoms with Crippen LogP contribution in [0.15, 0.2) is 6.07 Å². The van der Waals surface area contributed by atoms with Crippen LogP contribution in [0.5, 0.6) is 0 Å². The normalized spacial score (nSPS) is 24.3. The molecule has 0 aliphatic heterocycles. The molecule has 3 atom stereocenters. The first-order chi connectivity index (χ1) is 9.90. The molecule has 0 radical (unpaired) electrons. The third-order valence-corrected chi connectivity index (χ3v) is 5.16. The van der Waals surface area contributed by atoms with Crippen molar-refractivity contribution in [3.63, 3.8) is 0 Å². The van der Waals surface area contributed by atoms with Gasteiger partial charge in [0.25, 0.3) is 0 Å². The van der Waals surface area contributed by atoms with Crippen LogP contribution < -0.4 is 5.32 Å². The predicted molar refractivity (Wildman–Crippen MR) is 90.6 cm³/mol. The molecule has 0 spiro atoms. The molecule has 0 bridgehead atoms. The third-order valence-electron chi connectivity index (χ3n) is 5.16. The van der Waals surface area contributed by atoms with E-state index in [0.717, 1.165) is 17.5 Å². The lowest BCUT2D eigenvalue weighted by atomic mass is 9.77. The fourth-order valence-electron chi connectivity index (χ4n) is 4.26. The zero-order valence-corrected chi connectivity index (χ0v) is 14.7. The average Bonchev–Trinajstić information content (AvgIpc) is 2.37. The van der Waals surface area contributed by atoms with Gasteiger partial charge in [-0.15, -0.1) is 0 Å². The number of aromatic nitrogens is 1. The van der Waals surface area contributed by atoms with E-state index in [1.54, 1.807) is 0 Å². The lowest BCUT2D eigenvalue weighted by Crippen LogP contribution is -2.42. The molecule has 1 aliphatic rings. The molecule has 1 fully saturated rings. The number of nitrogens with zero attached hydrogens (tertiary/aromatic N) is 1. The van der Waals surface area contributed by atoms with Crippen molar-refractivity contribution in [3.05, 3.63) is 28.6 Å². The fraction of sp³-hybridized carbons (Fsp3) is 0.737. The first-order valence-electron chi connectivity index (χ1n) is 8.61. The Morgan fingerprint density at radius 2 is 1.76 bits per heavy atom. The van der Waals surface area contributed by atoms with Crippen LogP contribution in [0, 0.1) is 32.6 Å². The number of pyridine rings is 1. The summed E-state index contributed by atoms with van der Waals surface area (Å²) in [4.78, 5) is 4.66. The highest BCUT2D eigenvalue weighted by molar-refractivity contribution is 5.33. The van der Waals surface area contributed by atoms with Crippen LogP contribution in [0.2, 0.25) is 0 Å². The SMILES string of the molecule is Cc1cc(C)c(C(C)NC2CCCCC2C(C)C)c(C)n1. The molecule has 0 amide bonds. The largest absolute Gasteiger partial charge is 0.307 e. The predicted octanol–water partition coefficient (Wildman–Crippen LogP) is 4.87. The Balaban J connectivity index is 2.15. The van der Waals surface area contributed by atoms with Crippen LogP contribution in [0.25, 0.3) is 0 Å². The third kappa shape index (κ3) is 3.85. The van der Waals surface area contributed by atoms with Gasteiger partial charge < -0.3 is 5.32 Å². The molecule has 1 aliphatic carbocycles. The van der Waals surface area contributed by atoms with Crippen LogP contribution in [-0.4, -0.2) is 11.0 Å². The van der Waals surface area contributed by atoms with E-state index < -0.39 is 0 Å². The summed E-state index contributed by atoms with van der Waals surface area (Å²) >= 11 is 0. The van der Waals surface area contributed by atoms with Crippen LogP contribution in [0.3, 0.4) is 0 Å². The monoisotopic (exact) mass is 288 g/mol. The van der Waals surface area contributed by atoms with Crippen molar-refractivity contribution in [1.29, 1.82) is 0 Å². The smallest absolute Gasteiger partial charge is 0.0426 e. The highest BCUT2D eigenvalue weighted by atomic mass is 15.0. The van der Waals surface area contributed by atoms with E-state index >= 15 is 0 Å². The van der Waals surface area contributed by atoms with Gasteiger partial charge in [-0.2, -0.15) is 0 Å². The maximum absolute atomic E-state index is 4.66. The number of hydrogen-bond acceptors (Lipinski definition) is 2. The van der Waals surface area contributed by atoms with E-state index in [9.17, 15) is 0 Å². The molecule has 2 nitrogen and oxygen atoms in total. The zero-order valence-electron chi connectivity index (χ0n) is 14.7. The van der Waals surface area contributed by atoms with Gasteiger partial charge in [-0.1, -0.05) is 26.7 Å². The Hall–Kier alpha value is -0.890. The standard InChI is InChI=1S/C19H32N2/c1-12(2)17-9-7-8-10-18(17)21-16(6)19-13(3)11-14(4)20-15(19)5/h11-12,16-18,21H,7-10H2,1-6H3. The number of nitrogens with one attached hydrogen (secondary N) is 1. The maximum atomic E-state index is 4.66. The van der Waals surface area contributed by atoms with Crippen LogP contribution in [0.4, 0.5) is 0 Å². The zero-order chi connectivity index (χ0) is 15.6. The number of aryl methyl sites for hydroxylation is 3. The lowest BCUT2D eigenvalue weighted by Gasteiger charge is -2.37. The summed E-state index contributed by atoms with van der Waals surface area (Å²) in [5.74, 6) is 1.59. The molecule has 1 heterocycles. The van der Waals surface area contributed by atoms with Gasteiger partial charge in [-0.05, 0) is 69.6 Å². The van der Waals surface area contributed by atoms with Crippen molar-refractivity contribution in [3.8, 4) is 0 Å². The van der Waals surface area contributed by atoms with Gasteiger partial charge in [0.15, 0.2) is 0 Å². The van der Waals surface area contributed by atoms with Crippen molar-refractivity contribution >= 4 is 0 Å². The first-order valence-corrected chi connectivity index (χ1v) is 8.61. The molecule has 0 saturated heterocycles. The van der Waals surface area contributed by atoms with E-state index in [-0.39, 0.29) is 0 Å². The molecule has 1 saturated carbocycles. The second-order valence-corrected chi connectivity index (χ2v) is 7.27. The first kappa shape index (κ1) is 16.5. The molecule has 118 valence electrons.